The predicted octanol–water partition coefficient (Wildman–Crippen LogP) is 2.84. The van der Waals surface area contributed by atoms with E-state index in [9.17, 15) is 9.18 Å². The fourth-order valence-corrected chi connectivity index (χ4v) is 3.01. The van der Waals surface area contributed by atoms with E-state index in [0.29, 0.717) is 5.56 Å². The summed E-state index contributed by atoms with van der Waals surface area (Å²) in [6.07, 6.45) is 0. The summed E-state index contributed by atoms with van der Waals surface area (Å²) < 4.78 is 13.2. The maximum Gasteiger partial charge on any atom is 0.335 e. The molecule has 5 heteroatoms. The van der Waals surface area contributed by atoms with Crippen LogP contribution in [0, 0.1) is 5.82 Å². The van der Waals surface area contributed by atoms with Gasteiger partial charge in [0.05, 0.1) is 5.56 Å². The molecule has 1 fully saturated rings. The minimum Gasteiger partial charge on any atom is -0.478 e. The van der Waals surface area contributed by atoms with E-state index in [1.54, 1.807) is 24.3 Å². The Morgan fingerprint density at radius 1 is 0.917 bits per heavy atom. The first-order valence-corrected chi connectivity index (χ1v) is 8.11. The van der Waals surface area contributed by atoms with Crippen molar-refractivity contribution in [3.05, 3.63) is 71.0 Å². The molecule has 0 amide bonds. The number of piperazine rings is 1. The van der Waals surface area contributed by atoms with Crippen molar-refractivity contribution in [1.29, 1.82) is 0 Å². The lowest BCUT2D eigenvalue weighted by Crippen LogP contribution is -2.45. The third kappa shape index (κ3) is 4.40. The van der Waals surface area contributed by atoms with Crippen LogP contribution < -0.4 is 0 Å². The van der Waals surface area contributed by atoms with Gasteiger partial charge < -0.3 is 5.11 Å². The number of aromatic carboxylic acids is 1. The van der Waals surface area contributed by atoms with Gasteiger partial charge in [-0.15, -0.1) is 0 Å². The average molecular weight is 328 g/mol. The zero-order valence-corrected chi connectivity index (χ0v) is 13.5. The highest BCUT2D eigenvalue weighted by Crippen LogP contribution is 2.13. The molecule has 1 N–H and O–H groups in total. The molecule has 0 bridgehead atoms. The van der Waals surface area contributed by atoms with Crippen LogP contribution >= 0.6 is 0 Å². The molecule has 1 aliphatic heterocycles. The largest absolute Gasteiger partial charge is 0.478 e. The van der Waals surface area contributed by atoms with Gasteiger partial charge in [0.25, 0.3) is 0 Å². The molecule has 126 valence electrons. The van der Waals surface area contributed by atoms with Crippen LogP contribution in [0.2, 0.25) is 0 Å². The quantitative estimate of drug-likeness (QED) is 0.917. The van der Waals surface area contributed by atoms with E-state index >= 15 is 0 Å². The number of carboxylic acid groups (broad SMARTS) is 1. The van der Waals surface area contributed by atoms with Crippen LogP contribution in [0.3, 0.4) is 0 Å². The van der Waals surface area contributed by atoms with Gasteiger partial charge in [-0.05, 0) is 35.4 Å². The van der Waals surface area contributed by atoms with E-state index in [0.717, 1.165) is 50.4 Å². The van der Waals surface area contributed by atoms with Gasteiger partial charge in [-0.25, -0.2) is 9.18 Å². The van der Waals surface area contributed by atoms with Crippen molar-refractivity contribution >= 4 is 5.97 Å². The number of carbonyl (C=O) groups is 1. The SMILES string of the molecule is O=C(O)c1ccc(CN2CCN(Cc3cccc(F)c3)CC2)cc1. The minimum atomic E-state index is -0.896. The standard InChI is InChI=1S/C19H21FN2O2/c20-18-3-1-2-16(12-18)14-22-10-8-21(9-11-22)13-15-4-6-17(7-5-15)19(23)24/h1-7,12H,8-11,13-14H2,(H,23,24). The smallest absolute Gasteiger partial charge is 0.335 e. The Morgan fingerprint density at radius 3 is 2.04 bits per heavy atom. The highest BCUT2D eigenvalue weighted by molar-refractivity contribution is 5.87. The average Bonchev–Trinajstić information content (AvgIpc) is 2.57. The third-order valence-corrected chi connectivity index (χ3v) is 4.37. The summed E-state index contributed by atoms with van der Waals surface area (Å²) in [6.45, 7) is 5.41. The van der Waals surface area contributed by atoms with Gasteiger partial charge >= 0.3 is 5.97 Å². The molecule has 2 aromatic rings. The summed E-state index contributed by atoms with van der Waals surface area (Å²) in [7, 11) is 0. The maximum atomic E-state index is 13.2. The molecule has 0 atom stereocenters. The molecule has 2 aromatic carbocycles. The normalized spacial score (nSPS) is 16.2. The lowest BCUT2D eigenvalue weighted by Gasteiger charge is -2.34. The van der Waals surface area contributed by atoms with Gasteiger partial charge in [0.15, 0.2) is 0 Å². The molecular formula is C19H21FN2O2. The molecule has 1 saturated heterocycles. The Bertz CT molecular complexity index is 695. The summed E-state index contributed by atoms with van der Waals surface area (Å²) in [4.78, 5) is 15.6. The molecule has 3 rings (SSSR count). The zero-order chi connectivity index (χ0) is 16.9. The van der Waals surface area contributed by atoms with E-state index in [2.05, 4.69) is 9.80 Å². The van der Waals surface area contributed by atoms with E-state index in [1.807, 2.05) is 18.2 Å². The number of benzene rings is 2. The molecule has 0 aliphatic carbocycles. The van der Waals surface area contributed by atoms with E-state index in [1.165, 1.54) is 6.07 Å². The summed E-state index contributed by atoms with van der Waals surface area (Å²) in [5.74, 6) is -1.08. The molecule has 1 heterocycles. The van der Waals surface area contributed by atoms with Crippen LogP contribution in [-0.2, 0) is 13.1 Å². The lowest BCUT2D eigenvalue weighted by atomic mass is 10.1. The van der Waals surface area contributed by atoms with Crippen molar-refractivity contribution < 1.29 is 14.3 Å². The van der Waals surface area contributed by atoms with Gasteiger partial charge in [0.1, 0.15) is 5.82 Å². The van der Waals surface area contributed by atoms with Crippen LogP contribution in [0.25, 0.3) is 0 Å². The number of nitrogens with zero attached hydrogens (tertiary/aromatic N) is 2. The van der Waals surface area contributed by atoms with E-state index < -0.39 is 5.97 Å². The first-order valence-electron chi connectivity index (χ1n) is 8.11. The molecular weight excluding hydrogens is 307 g/mol. The van der Waals surface area contributed by atoms with Crippen molar-refractivity contribution in [2.45, 2.75) is 13.1 Å². The summed E-state index contributed by atoms with van der Waals surface area (Å²) in [6, 6.07) is 13.8. The van der Waals surface area contributed by atoms with Crippen molar-refractivity contribution in [3.8, 4) is 0 Å². The Kier molecular flexibility index (Phi) is 5.23. The minimum absolute atomic E-state index is 0.184. The second-order valence-corrected chi connectivity index (χ2v) is 6.18. The molecule has 0 unspecified atom stereocenters. The van der Waals surface area contributed by atoms with Gasteiger partial charge in [0.2, 0.25) is 0 Å². The Morgan fingerprint density at radius 2 is 1.50 bits per heavy atom. The number of halogens is 1. The Labute approximate surface area is 141 Å². The topological polar surface area (TPSA) is 43.8 Å². The summed E-state index contributed by atoms with van der Waals surface area (Å²) in [5, 5.41) is 8.93. The van der Waals surface area contributed by atoms with E-state index in [-0.39, 0.29) is 5.82 Å². The molecule has 0 aromatic heterocycles. The highest BCUT2D eigenvalue weighted by Gasteiger charge is 2.17. The fourth-order valence-electron chi connectivity index (χ4n) is 3.01. The lowest BCUT2D eigenvalue weighted by molar-refractivity contribution is 0.0697. The molecule has 4 nitrogen and oxygen atoms in total. The molecule has 0 radical (unpaired) electrons. The van der Waals surface area contributed by atoms with Crippen molar-refractivity contribution in [3.63, 3.8) is 0 Å². The highest BCUT2D eigenvalue weighted by atomic mass is 19.1. The van der Waals surface area contributed by atoms with Crippen LogP contribution in [0.5, 0.6) is 0 Å². The molecule has 0 spiro atoms. The Balaban J connectivity index is 1.49. The number of hydrogen-bond acceptors (Lipinski definition) is 3. The molecule has 0 saturated carbocycles. The van der Waals surface area contributed by atoms with Crippen molar-refractivity contribution in [2.24, 2.45) is 0 Å². The first-order chi connectivity index (χ1) is 11.6. The summed E-state index contributed by atoms with van der Waals surface area (Å²) >= 11 is 0. The maximum absolute atomic E-state index is 13.2. The van der Waals surface area contributed by atoms with Gasteiger partial charge in [0, 0.05) is 39.3 Å². The van der Waals surface area contributed by atoms with Gasteiger partial charge in [-0.1, -0.05) is 24.3 Å². The predicted molar refractivity (Wildman–Crippen MR) is 90.4 cm³/mol. The van der Waals surface area contributed by atoms with Crippen LogP contribution in [0.4, 0.5) is 4.39 Å². The van der Waals surface area contributed by atoms with E-state index in [4.69, 9.17) is 5.11 Å². The summed E-state index contributed by atoms with van der Waals surface area (Å²) in [5.41, 5.74) is 2.45. The second kappa shape index (κ2) is 7.55. The van der Waals surface area contributed by atoms with Crippen molar-refractivity contribution in [2.75, 3.05) is 26.2 Å². The molecule has 24 heavy (non-hydrogen) atoms. The van der Waals surface area contributed by atoms with Gasteiger partial charge in [-0.3, -0.25) is 9.80 Å². The third-order valence-electron chi connectivity index (χ3n) is 4.37. The molecule has 1 aliphatic rings. The number of hydrogen-bond donors (Lipinski definition) is 1. The Hall–Kier alpha value is -2.24. The fraction of sp³-hybridized carbons (Fsp3) is 0.316. The van der Waals surface area contributed by atoms with Crippen LogP contribution in [0.15, 0.2) is 48.5 Å². The first kappa shape index (κ1) is 16.6. The van der Waals surface area contributed by atoms with Crippen LogP contribution in [0.1, 0.15) is 21.5 Å². The second-order valence-electron chi connectivity index (χ2n) is 6.18. The number of carboxylic acids is 1. The monoisotopic (exact) mass is 328 g/mol. The van der Waals surface area contributed by atoms with Crippen LogP contribution in [-0.4, -0.2) is 47.1 Å². The van der Waals surface area contributed by atoms with Crippen molar-refractivity contribution in [1.82, 2.24) is 9.80 Å². The zero-order valence-electron chi connectivity index (χ0n) is 13.5. The number of rotatable bonds is 5. The van der Waals surface area contributed by atoms with Gasteiger partial charge in [-0.2, -0.15) is 0 Å².